The third-order valence-corrected chi connectivity index (χ3v) is 4.02. The number of anilines is 1. The van der Waals surface area contributed by atoms with Gasteiger partial charge in [-0.3, -0.25) is 9.59 Å². The van der Waals surface area contributed by atoms with Gasteiger partial charge in [-0.25, -0.2) is 0 Å². The summed E-state index contributed by atoms with van der Waals surface area (Å²) in [5.74, 6) is -0.107. The van der Waals surface area contributed by atoms with E-state index in [1.807, 2.05) is 0 Å². The molecule has 3 rings (SSSR count). The van der Waals surface area contributed by atoms with Crippen molar-refractivity contribution in [3.63, 3.8) is 0 Å². The second kappa shape index (κ2) is 6.26. The summed E-state index contributed by atoms with van der Waals surface area (Å²) in [4.78, 5) is 23.4. The van der Waals surface area contributed by atoms with E-state index < -0.39 is 0 Å². The fraction of sp³-hybridized carbons (Fsp3) is 0.500. The monoisotopic (exact) mass is 288 g/mol. The first kappa shape index (κ1) is 14.1. The Hall–Kier alpha value is -1.88. The molecule has 0 radical (unpaired) electrons. The fourth-order valence-electron chi connectivity index (χ4n) is 2.85. The topological polar surface area (TPSA) is 67.4 Å². The van der Waals surface area contributed by atoms with Crippen LogP contribution in [0.1, 0.15) is 41.6 Å². The zero-order valence-electron chi connectivity index (χ0n) is 12.0. The molecule has 0 saturated carbocycles. The molecule has 0 spiro atoms. The van der Waals surface area contributed by atoms with Gasteiger partial charge in [0.15, 0.2) is 0 Å². The van der Waals surface area contributed by atoms with Gasteiger partial charge in [0.25, 0.3) is 5.91 Å². The lowest BCUT2D eigenvalue weighted by Crippen LogP contribution is -2.29. The average Bonchev–Trinajstić information content (AvgIpc) is 2.87. The summed E-state index contributed by atoms with van der Waals surface area (Å²) in [5, 5.41) is 5.69. The second-order valence-corrected chi connectivity index (χ2v) is 5.63. The minimum Gasteiger partial charge on any atom is -0.378 e. The number of amides is 2. The predicted octanol–water partition coefficient (Wildman–Crippen LogP) is 1.87. The van der Waals surface area contributed by atoms with Crippen molar-refractivity contribution in [2.24, 2.45) is 0 Å². The number of rotatable bonds is 4. The van der Waals surface area contributed by atoms with Crippen molar-refractivity contribution in [2.45, 2.75) is 38.2 Å². The van der Waals surface area contributed by atoms with Crippen LogP contribution in [0.5, 0.6) is 0 Å². The second-order valence-electron chi connectivity index (χ2n) is 5.63. The Bertz CT molecular complexity index is 550. The molecule has 5 nitrogen and oxygen atoms in total. The third-order valence-electron chi connectivity index (χ3n) is 4.02. The molecule has 2 aliphatic rings. The van der Waals surface area contributed by atoms with Crippen molar-refractivity contribution in [1.82, 2.24) is 5.32 Å². The largest absolute Gasteiger partial charge is 0.378 e. The Kier molecular flexibility index (Phi) is 4.20. The Morgan fingerprint density at radius 2 is 2.29 bits per heavy atom. The number of hydrogen-bond acceptors (Lipinski definition) is 3. The van der Waals surface area contributed by atoms with E-state index >= 15 is 0 Å². The van der Waals surface area contributed by atoms with Crippen LogP contribution in [0.4, 0.5) is 5.69 Å². The molecule has 5 heteroatoms. The lowest BCUT2D eigenvalue weighted by molar-refractivity contribution is -0.115. The number of fused-ring (bicyclic) bond motifs is 1. The summed E-state index contributed by atoms with van der Waals surface area (Å²) >= 11 is 0. The zero-order valence-corrected chi connectivity index (χ0v) is 12.0. The third kappa shape index (κ3) is 3.42. The Balaban J connectivity index is 1.51. The Labute approximate surface area is 124 Å². The van der Waals surface area contributed by atoms with Crippen molar-refractivity contribution in [3.8, 4) is 0 Å². The number of carbonyl (C=O) groups is 2. The number of ether oxygens (including phenoxy) is 1. The van der Waals surface area contributed by atoms with Crippen molar-refractivity contribution in [1.29, 1.82) is 0 Å². The van der Waals surface area contributed by atoms with Crippen LogP contribution in [0.3, 0.4) is 0 Å². The van der Waals surface area contributed by atoms with E-state index in [9.17, 15) is 9.59 Å². The average molecular weight is 288 g/mol. The molecule has 2 heterocycles. The molecule has 0 aliphatic carbocycles. The lowest BCUT2D eigenvalue weighted by atomic mass is 10.1. The SMILES string of the molecule is O=C1Cc2cc(C(=O)NCCC3CCCCO3)ccc2N1. The van der Waals surface area contributed by atoms with Gasteiger partial charge in [0.1, 0.15) is 0 Å². The molecule has 1 aromatic carbocycles. The van der Waals surface area contributed by atoms with E-state index in [4.69, 9.17) is 4.74 Å². The van der Waals surface area contributed by atoms with Crippen LogP contribution in [0.2, 0.25) is 0 Å². The van der Waals surface area contributed by atoms with Gasteiger partial charge in [-0.2, -0.15) is 0 Å². The van der Waals surface area contributed by atoms with E-state index in [1.54, 1.807) is 18.2 Å². The molecule has 0 aromatic heterocycles. The lowest BCUT2D eigenvalue weighted by Gasteiger charge is -2.22. The molecule has 0 bridgehead atoms. The van der Waals surface area contributed by atoms with Crippen molar-refractivity contribution < 1.29 is 14.3 Å². The van der Waals surface area contributed by atoms with Gasteiger partial charge in [-0.1, -0.05) is 0 Å². The number of hydrogen-bond donors (Lipinski definition) is 2. The molecule has 2 aliphatic heterocycles. The van der Waals surface area contributed by atoms with Crippen LogP contribution in [0.15, 0.2) is 18.2 Å². The minimum atomic E-state index is -0.0899. The zero-order chi connectivity index (χ0) is 14.7. The fourth-order valence-corrected chi connectivity index (χ4v) is 2.85. The van der Waals surface area contributed by atoms with Gasteiger partial charge < -0.3 is 15.4 Å². The highest BCUT2D eigenvalue weighted by Gasteiger charge is 2.19. The first-order valence-corrected chi connectivity index (χ1v) is 7.55. The van der Waals surface area contributed by atoms with Crippen molar-refractivity contribution in [3.05, 3.63) is 29.3 Å². The van der Waals surface area contributed by atoms with Gasteiger partial charge in [0, 0.05) is 24.4 Å². The molecule has 1 unspecified atom stereocenters. The summed E-state index contributed by atoms with van der Waals surface area (Å²) in [6.45, 7) is 1.46. The van der Waals surface area contributed by atoms with Crippen LogP contribution in [0.25, 0.3) is 0 Å². The van der Waals surface area contributed by atoms with E-state index in [1.165, 1.54) is 6.42 Å². The highest BCUT2D eigenvalue weighted by atomic mass is 16.5. The molecular weight excluding hydrogens is 268 g/mol. The van der Waals surface area contributed by atoms with Crippen LogP contribution in [-0.2, 0) is 16.0 Å². The predicted molar refractivity (Wildman–Crippen MR) is 79.3 cm³/mol. The molecule has 112 valence electrons. The Morgan fingerprint density at radius 1 is 1.38 bits per heavy atom. The smallest absolute Gasteiger partial charge is 0.251 e. The molecular formula is C16H20N2O3. The van der Waals surface area contributed by atoms with E-state index in [2.05, 4.69) is 10.6 Å². The molecule has 2 N–H and O–H groups in total. The molecule has 2 amide bonds. The van der Waals surface area contributed by atoms with E-state index in [-0.39, 0.29) is 17.9 Å². The first-order chi connectivity index (χ1) is 10.2. The molecule has 1 aromatic rings. The maximum atomic E-state index is 12.1. The highest BCUT2D eigenvalue weighted by Crippen LogP contribution is 2.23. The number of benzene rings is 1. The summed E-state index contributed by atoms with van der Waals surface area (Å²) in [7, 11) is 0. The van der Waals surface area contributed by atoms with Crippen molar-refractivity contribution >= 4 is 17.5 Å². The van der Waals surface area contributed by atoms with E-state index in [0.717, 1.165) is 37.1 Å². The maximum Gasteiger partial charge on any atom is 0.251 e. The number of nitrogens with one attached hydrogen (secondary N) is 2. The quantitative estimate of drug-likeness (QED) is 0.889. The van der Waals surface area contributed by atoms with Crippen LogP contribution >= 0.6 is 0 Å². The highest BCUT2D eigenvalue weighted by molar-refractivity contribution is 6.01. The Morgan fingerprint density at radius 3 is 3.10 bits per heavy atom. The van der Waals surface area contributed by atoms with Crippen molar-refractivity contribution in [2.75, 3.05) is 18.5 Å². The van der Waals surface area contributed by atoms with E-state index in [0.29, 0.717) is 18.5 Å². The van der Waals surface area contributed by atoms with Crippen LogP contribution < -0.4 is 10.6 Å². The molecule has 21 heavy (non-hydrogen) atoms. The van der Waals surface area contributed by atoms with Crippen LogP contribution in [-0.4, -0.2) is 31.1 Å². The van der Waals surface area contributed by atoms with Gasteiger partial charge in [0.2, 0.25) is 5.91 Å². The standard InChI is InChI=1S/C16H20N2O3/c19-15-10-12-9-11(4-5-14(12)18-15)16(20)17-7-6-13-3-1-2-8-21-13/h4-5,9,13H,1-3,6-8,10H2,(H,17,20)(H,18,19). The van der Waals surface area contributed by atoms with Gasteiger partial charge in [0.05, 0.1) is 12.5 Å². The number of carbonyl (C=O) groups excluding carboxylic acids is 2. The minimum absolute atomic E-state index is 0.0167. The molecule has 1 saturated heterocycles. The molecule has 1 atom stereocenters. The first-order valence-electron chi connectivity index (χ1n) is 7.55. The van der Waals surface area contributed by atoms with Gasteiger partial charge in [-0.05, 0) is 49.4 Å². The summed E-state index contributed by atoms with van der Waals surface area (Å²) < 4.78 is 5.64. The van der Waals surface area contributed by atoms with Crippen LogP contribution in [0, 0.1) is 0 Å². The summed E-state index contributed by atoms with van der Waals surface area (Å²) in [6.07, 6.45) is 4.93. The van der Waals surface area contributed by atoms with Gasteiger partial charge >= 0.3 is 0 Å². The normalized spacial score (nSPS) is 20.8. The maximum absolute atomic E-state index is 12.1. The molecule has 1 fully saturated rings. The summed E-state index contributed by atoms with van der Waals surface area (Å²) in [5.41, 5.74) is 2.31. The van der Waals surface area contributed by atoms with Gasteiger partial charge in [-0.15, -0.1) is 0 Å². The summed E-state index contributed by atoms with van der Waals surface area (Å²) in [6, 6.07) is 5.33.